The Morgan fingerprint density at radius 2 is 1.65 bits per heavy atom. The van der Waals surface area contributed by atoms with Crippen LogP contribution in [0.5, 0.6) is 0 Å². The Balaban J connectivity index is 3.13. The number of benzene rings is 1. The molecule has 0 fully saturated rings. The Hall–Kier alpha value is -1.16. The second-order valence-corrected chi connectivity index (χ2v) is 4.19. The fourth-order valence-corrected chi connectivity index (χ4v) is 2.09. The van der Waals surface area contributed by atoms with Gasteiger partial charge < -0.3 is 10.6 Å². The molecule has 0 aromatic heterocycles. The molecule has 17 heavy (non-hydrogen) atoms. The second-order valence-electron chi connectivity index (χ2n) is 4.19. The van der Waals surface area contributed by atoms with Crippen LogP contribution in [0, 0.1) is 11.6 Å². The van der Waals surface area contributed by atoms with Gasteiger partial charge in [0.2, 0.25) is 0 Å². The molecule has 1 aromatic rings. The van der Waals surface area contributed by atoms with Gasteiger partial charge in [0.15, 0.2) is 0 Å². The van der Waals surface area contributed by atoms with E-state index in [1.165, 1.54) is 12.1 Å². The molecular weight excluding hydrogens is 222 g/mol. The van der Waals surface area contributed by atoms with Gasteiger partial charge in [-0.3, -0.25) is 0 Å². The lowest BCUT2D eigenvalue weighted by molar-refractivity contribution is 0.534. The predicted molar refractivity (Wildman–Crippen MR) is 67.0 cm³/mol. The first-order valence-corrected chi connectivity index (χ1v) is 5.95. The van der Waals surface area contributed by atoms with Crippen molar-refractivity contribution in [2.45, 2.75) is 39.3 Å². The molecule has 1 rings (SSSR count). The van der Waals surface area contributed by atoms with E-state index in [9.17, 15) is 8.78 Å². The zero-order valence-corrected chi connectivity index (χ0v) is 10.6. The number of anilines is 1. The molecule has 2 N–H and O–H groups in total. The van der Waals surface area contributed by atoms with E-state index in [0.29, 0.717) is 5.56 Å². The van der Waals surface area contributed by atoms with E-state index < -0.39 is 11.6 Å². The van der Waals surface area contributed by atoms with Crippen molar-refractivity contribution in [1.29, 1.82) is 0 Å². The molecule has 0 saturated heterocycles. The monoisotopic (exact) mass is 242 g/mol. The van der Waals surface area contributed by atoms with E-state index in [0.717, 1.165) is 12.8 Å². The van der Waals surface area contributed by atoms with Crippen molar-refractivity contribution in [3.8, 4) is 0 Å². The summed E-state index contributed by atoms with van der Waals surface area (Å²) in [5, 5.41) is 0. The number of hydrogen-bond acceptors (Lipinski definition) is 2. The van der Waals surface area contributed by atoms with Crippen LogP contribution in [0.1, 0.15) is 32.3 Å². The summed E-state index contributed by atoms with van der Waals surface area (Å²) in [6, 6.07) is 2.75. The summed E-state index contributed by atoms with van der Waals surface area (Å²) >= 11 is 0. The molecule has 1 aromatic carbocycles. The van der Waals surface area contributed by atoms with Crippen molar-refractivity contribution in [3.63, 3.8) is 0 Å². The maximum Gasteiger partial charge on any atom is 0.149 e. The maximum atomic E-state index is 13.8. The maximum absolute atomic E-state index is 13.8. The van der Waals surface area contributed by atoms with Crippen LogP contribution in [0.25, 0.3) is 0 Å². The molecule has 0 heterocycles. The summed E-state index contributed by atoms with van der Waals surface area (Å²) < 4.78 is 27.7. The highest BCUT2D eigenvalue weighted by Crippen LogP contribution is 2.27. The van der Waals surface area contributed by atoms with Gasteiger partial charge in [0.05, 0.1) is 0 Å². The number of rotatable bonds is 5. The molecule has 2 nitrogen and oxygen atoms in total. The van der Waals surface area contributed by atoms with E-state index in [1.54, 1.807) is 11.9 Å². The van der Waals surface area contributed by atoms with E-state index in [2.05, 4.69) is 0 Å². The Labute approximate surface area is 101 Å². The standard InChI is InChI=1S/C13H20F2N2/c1-4-10(5-2)17(3)13-11(14)6-9(8-16)7-12(13)15/h6-7,10H,4-5,8,16H2,1-3H3. The predicted octanol–water partition coefficient (Wildman–Crippen LogP) is 3.05. The molecule has 0 aliphatic carbocycles. The van der Waals surface area contributed by atoms with Gasteiger partial charge in [-0.1, -0.05) is 13.8 Å². The number of hydrogen-bond donors (Lipinski definition) is 1. The van der Waals surface area contributed by atoms with Gasteiger partial charge in [-0.05, 0) is 30.5 Å². The topological polar surface area (TPSA) is 29.3 Å². The van der Waals surface area contributed by atoms with Crippen LogP contribution in [0.4, 0.5) is 14.5 Å². The first-order chi connectivity index (χ1) is 8.04. The number of halogens is 2. The van der Waals surface area contributed by atoms with E-state index in [-0.39, 0.29) is 18.3 Å². The summed E-state index contributed by atoms with van der Waals surface area (Å²) in [5.74, 6) is -1.08. The van der Waals surface area contributed by atoms with E-state index in [4.69, 9.17) is 5.73 Å². The van der Waals surface area contributed by atoms with Gasteiger partial charge in [-0.25, -0.2) is 8.78 Å². The Morgan fingerprint density at radius 3 is 2.00 bits per heavy atom. The third-order valence-electron chi connectivity index (χ3n) is 3.16. The summed E-state index contributed by atoms with van der Waals surface area (Å²) in [5.41, 5.74) is 5.89. The first-order valence-electron chi connectivity index (χ1n) is 5.95. The summed E-state index contributed by atoms with van der Waals surface area (Å²) in [7, 11) is 1.72. The zero-order chi connectivity index (χ0) is 13.0. The van der Waals surface area contributed by atoms with Gasteiger partial charge in [0.1, 0.15) is 17.3 Å². The summed E-state index contributed by atoms with van der Waals surface area (Å²) in [6.45, 7) is 4.16. The number of nitrogens with zero attached hydrogens (tertiary/aromatic N) is 1. The molecule has 0 amide bonds. The third-order valence-corrected chi connectivity index (χ3v) is 3.16. The van der Waals surface area contributed by atoms with E-state index >= 15 is 0 Å². The molecule has 4 heteroatoms. The van der Waals surface area contributed by atoms with Gasteiger partial charge in [-0.2, -0.15) is 0 Å². The zero-order valence-electron chi connectivity index (χ0n) is 10.6. The lowest BCUT2D eigenvalue weighted by Crippen LogP contribution is -2.32. The molecule has 0 aliphatic heterocycles. The van der Waals surface area contributed by atoms with Crippen molar-refractivity contribution >= 4 is 5.69 Å². The molecule has 0 bridgehead atoms. The van der Waals surface area contributed by atoms with Crippen LogP contribution < -0.4 is 10.6 Å². The molecule has 0 radical (unpaired) electrons. The Morgan fingerprint density at radius 1 is 1.18 bits per heavy atom. The summed E-state index contributed by atoms with van der Waals surface area (Å²) in [6.07, 6.45) is 1.70. The summed E-state index contributed by atoms with van der Waals surface area (Å²) in [4.78, 5) is 1.67. The van der Waals surface area contributed by atoms with Gasteiger partial charge in [0.25, 0.3) is 0 Å². The smallest absolute Gasteiger partial charge is 0.149 e. The molecule has 0 saturated carbocycles. The largest absolute Gasteiger partial charge is 0.367 e. The van der Waals surface area contributed by atoms with Crippen LogP contribution in [0.2, 0.25) is 0 Å². The highest BCUT2D eigenvalue weighted by atomic mass is 19.1. The minimum Gasteiger partial charge on any atom is -0.367 e. The Bertz CT molecular complexity index is 353. The van der Waals surface area contributed by atoms with Crippen LogP contribution in [0.15, 0.2) is 12.1 Å². The van der Waals surface area contributed by atoms with Gasteiger partial charge in [-0.15, -0.1) is 0 Å². The average molecular weight is 242 g/mol. The number of nitrogens with two attached hydrogens (primary N) is 1. The second kappa shape index (κ2) is 5.96. The van der Waals surface area contributed by atoms with Gasteiger partial charge >= 0.3 is 0 Å². The highest BCUT2D eigenvalue weighted by molar-refractivity contribution is 5.51. The Kier molecular flexibility index (Phi) is 4.87. The molecule has 0 atom stereocenters. The van der Waals surface area contributed by atoms with Crippen molar-refractivity contribution in [3.05, 3.63) is 29.3 Å². The molecule has 0 aliphatic rings. The molecular formula is C13H20F2N2. The third kappa shape index (κ3) is 2.94. The minimum absolute atomic E-state index is 0.0379. The van der Waals surface area contributed by atoms with Crippen molar-refractivity contribution < 1.29 is 8.78 Å². The lowest BCUT2D eigenvalue weighted by atomic mass is 10.1. The van der Waals surface area contributed by atoms with E-state index in [1.807, 2.05) is 13.8 Å². The normalized spacial score (nSPS) is 11.0. The van der Waals surface area contributed by atoms with Crippen molar-refractivity contribution in [2.75, 3.05) is 11.9 Å². The molecule has 96 valence electrons. The molecule has 0 unspecified atom stereocenters. The van der Waals surface area contributed by atoms with Crippen LogP contribution in [0.3, 0.4) is 0 Å². The van der Waals surface area contributed by atoms with Crippen LogP contribution >= 0.6 is 0 Å². The van der Waals surface area contributed by atoms with Gasteiger partial charge in [0, 0.05) is 19.6 Å². The lowest BCUT2D eigenvalue weighted by Gasteiger charge is -2.29. The van der Waals surface area contributed by atoms with Crippen molar-refractivity contribution in [2.24, 2.45) is 5.73 Å². The highest BCUT2D eigenvalue weighted by Gasteiger charge is 2.19. The van der Waals surface area contributed by atoms with Crippen LogP contribution in [-0.4, -0.2) is 13.1 Å². The van der Waals surface area contributed by atoms with Crippen molar-refractivity contribution in [1.82, 2.24) is 0 Å². The fraction of sp³-hybridized carbons (Fsp3) is 0.538. The average Bonchev–Trinajstić information content (AvgIpc) is 2.29. The first kappa shape index (κ1) is 13.9. The molecule has 0 spiro atoms. The fourth-order valence-electron chi connectivity index (χ4n) is 2.09. The SMILES string of the molecule is CCC(CC)N(C)c1c(F)cc(CN)cc1F. The quantitative estimate of drug-likeness (QED) is 0.860. The van der Waals surface area contributed by atoms with Crippen LogP contribution in [-0.2, 0) is 6.54 Å². The minimum atomic E-state index is -0.542.